The van der Waals surface area contributed by atoms with Crippen molar-refractivity contribution in [3.63, 3.8) is 0 Å². The van der Waals surface area contributed by atoms with E-state index in [1.54, 1.807) is 6.07 Å². The number of alkyl halides is 2. The Morgan fingerprint density at radius 3 is 2.80 bits per heavy atom. The summed E-state index contributed by atoms with van der Waals surface area (Å²) in [6.45, 7) is 0. The summed E-state index contributed by atoms with van der Waals surface area (Å²) in [7, 11) is 0. The molecule has 2 aromatic heterocycles. The summed E-state index contributed by atoms with van der Waals surface area (Å²) in [5, 5.41) is 8.71. The number of hydrogen-bond acceptors (Lipinski definition) is 2. The number of nitrogens with zero attached hydrogens (tertiary/aromatic N) is 2. The second-order valence-corrected chi connectivity index (χ2v) is 2.88. The third kappa shape index (κ3) is 1.43. The summed E-state index contributed by atoms with van der Waals surface area (Å²) in [6, 6.07) is 4.60. The zero-order valence-electron chi connectivity index (χ0n) is 7.39. The van der Waals surface area contributed by atoms with Gasteiger partial charge < -0.3 is 5.11 Å². The summed E-state index contributed by atoms with van der Waals surface area (Å²) in [4.78, 5) is 14.3. The second kappa shape index (κ2) is 3.30. The van der Waals surface area contributed by atoms with Crippen LogP contribution in [-0.4, -0.2) is 20.5 Å². The summed E-state index contributed by atoms with van der Waals surface area (Å²) < 4.78 is 26.3. The molecule has 2 rings (SSSR count). The Hall–Kier alpha value is -1.98. The highest BCUT2D eigenvalue weighted by molar-refractivity contribution is 5.88. The van der Waals surface area contributed by atoms with Crippen LogP contribution in [0.15, 0.2) is 24.4 Å². The number of carboxylic acids is 1. The fraction of sp³-hybridized carbons (Fsp3) is 0.111. The van der Waals surface area contributed by atoms with Crippen molar-refractivity contribution in [2.45, 2.75) is 6.43 Å². The normalized spacial score (nSPS) is 11.1. The van der Waals surface area contributed by atoms with E-state index >= 15 is 0 Å². The molecule has 0 radical (unpaired) electrons. The largest absolute Gasteiger partial charge is 0.476 e. The number of carbonyl (C=O) groups is 1. The minimum Gasteiger partial charge on any atom is -0.476 e. The molecular weight excluding hydrogens is 206 g/mol. The molecule has 0 aliphatic carbocycles. The average Bonchev–Trinajstić information content (AvgIpc) is 2.56. The summed E-state index contributed by atoms with van der Waals surface area (Å²) >= 11 is 0. The molecule has 0 aliphatic heterocycles. The molecule has 1 N–H and O–H groups in total. The van der Waals surface area contributed by atoms with E-state index in [-0.39, 0.29) is 5.65 Å². The van der Waals surface area contributed by atoms with Gasteiger partial charge in [-0.05, 0) is 12.1 Å². The molecule has 0 amide bonds. The van der Waals surface area contributed by atoms with E-state index in [1.807, 2.05) is 0 Å². The Balaban J connectivity index is 2.80. The first-order valence-electron chi connectivity index (χ1n) is 4.09. The molecule has 0 spiro atoms. The average molecular weight is 212 g/mol. The van der Waals surface area contributed by atoms with Crippen molar-refractivity contribution in [1.82, 2.24) is 9.38 Å². The molecule has 2 aromatic rings. The third-order valence-corrected chi connectivity index (χ3v) is 1.98. The minimum absolute atomic E-state index is 0.199. The Morgan fingerprint density at radius 1 is 1.47 bits per heavy atom. The zero-order chi connectivity index (χ0) is 11.0. The molecule has 15 heavy (non-hydrogen) atoms. The standard InChI is InChI=1S/C9H6F2N2O2/c10-8(11)7-6(9(14)15)12-5-3-1-2-4-13(5)7/h1-4,8H,(H,14,15). The van der Waals surface area contributed by atoms with Gasteiger partial charge in [-0.25, -0.2) is 18.6 Å². The number of imidazole rings is 1. The van der Waals surface area contributed by atoms with Gasteiger partial charge in [0.25, 0.3) is 6.43 Å². The Labute approximate surface area is 82.8 Å². The Morgan fingerprint density at radius 2 is 2.20 bits per heavy atom. The highest BCUT2D eigenvalue weighted by Gasteiger charge is 2.24. The van der Waals surface area contributed by atoms with Crippen LogP contribution in [-0.2, 0) is 0 Å². The molecule has 0 bridgehead atoms. The van der Waals surface area contributed by atoms with Crippen LogP contribution < -0.4 is 0 Å². The number of rotatable bonds is 2. The number of fused-ring (bicyclic) bond motifs is 1. The molecule has 0 aromatic carbocycles. The summed E-state index contributed by atoms with van der Waals surface area (Å²) in [5.41, 5.74) is -0.987. The van der Waals surface area contributed by atoms with Gasteiger partial charge in [0.2, 0.25) is 0 Å². The van der Waals surface area contributed by atoms with Crippen molar-refractivity contribution in [1.29, 1.82) is 0 Å². The van der Waals surface area contributed by atoms with E-state index < -0.39 is 23.8 Å². The highest BCUT2D eigenvalue weighted by Crippen LogP contribution is 2.24. The van der Waals surface area contributed by atoms with Gasteiger partial charge in [0.1, 0.15) is 11.3 Å². The van der Waals surface area contributed by atoms with Crippen LogP contribution in [0.2, 0.25) is 0 Å². The first kappa shape index (κ1) is 9.57. The summed E-state index contributed by atoms with van der Waals surface area (Å²) in [6.07, 6.45) is -1.51. The number of halogens is 2. The number of aromatic carboxylic acids is 1. The van der Waals surface area contributed by atoms with Crippen molar-refractivity contribution >= 4 is 11.6 Å². The van der Waals surface area contributed by atoms with Crippen molar-refractivity contribution in [2.75, 3.05) is 0 Å². The van der Waals surface area contributed by atoms with Crippen molar-refractivity contribution < 1.29 is 18.7 Å². The van der Waals surface area contributed by atoms with Gasteiger partial charge in [-0.3, -0.25) is 4.40 Å². The van der Waals surface area contributed by atoms with Gasteiger partial charge in [0.05, 0.1) is 0 Å². The van der Waals surface area contributed by atoms with E-state index in [2.05, 4.69) is 4.98 Å². The molecule has 0 aliphatic rings. The maximum atomic E-state index is 12.6. The van der Waals surface area contributed by atoms with Crippen LogP contribution in [0.1, 0.15) is 22.6 Å². The third-order valence-electron chi connectivity index (χ3n) is 1.98. The van der Waals surface area contributed by atoms with Crippen LogP contribution in [0.3, 0.4) is 0 Å². The monoisotopic (exact) mass is 212 g/mol. The molecule has 0 saturated carbocycles. The number of pyridine rings is 1. The van der Waals surface area contributed by atoms with Gasteiger partial charge in [-0.15, -0.1) is 0 Å². The predicted octanol–water partition coefficient (Wildman–Crippen LogP) is 1.97. The van der Waals surface area contributed by atoms with Crippen molar-refractivity contribution in [3.8, 4) is 0 Å². The molecular formula is C9H6F2N2O2. The van der Waals surface area contributed by atoms with Gasteiger partial charge in [0.15, 0.2) is 5.69 Å². The molecule has 0 saturated heterocycles. The topological polar surface area (TPSA) is 54.6 Å². The van der Waals surface area contributed by atoms with E-state index in [0.29, 0.717) is 0 Å². The Kier molecular flexibility index (Phi) is 2.11. The lowest BCUT2D eigenvalue weighted by Gasteiger charge is -1.99. The first-order chi connectivity index (χ1) is 7.11. The van der Waals surface area contributed by atoms with Gasteiger partial charge >= 0.3 is 5.97 Å². The van der Waals surface area contributed by atoms with Crippen LogP contribution >= 0.6 is 0 Å². The quantitative estimate of drug-likeness (QED) is 0.827. The SMILES string of the molecule is O=C(O)c1nc2ccccn2c1C(F)F. The lowest BCUT2D eigenvalue weighted by molar-refractivity contribution is 0.0677. The van der Waals surface area contributed by atoms with E-state index in [1.165, 1.54) is 18.3 Å². The van der Waals surface area contributed by atoms with Gasteiger partial charge in [-0.1, -0.05) is 6.07 Å². The molecule has 4 nitrogen and oxygen atoms in total. The first-order valence-corrected chi connectivity index (χ1v) is 4.09. The van der Waals surface area contributed by atoms with Crippen molar-refractivity contribution in [2.24, 2.45) is 0 Å². The maximum absolute atomic E-state index is 12.6. The zero-order valence-corrected chi connectivity index (χ0v) is 7.39. The predicted molar refractivity (Wildman–Crippen MR) is 47.1 cm³/mol. The lowest BCUT2D eigenvalue weighted by Crippen LogP contribution is -2.03. The van der Waals surface area contributed by atoms with Gasteiger partial charge in [-0.2, -0.15) is 0 Å². The highest BCUT2D eigenvalue weighted by atomic mass is 19.3. The maximum Gasteiger partial charge on any atom is 0.356 e. The number of carboxylic acid groups (broad SMARTS) is 1. The number of aromatic nitrogens is 2. The molecule has 2 heterocycles. The number of hydrogen-bond donors (Lipinski definition) is 1. The molecule has 78 valence electrons. The van der Waals surface area contributed by atoms with Crippen LogP contribution in [0.25, 0.3) is 5.65 Å². The van der Waals surface area contributed by atoms with E-state index in [9.17, 15) is 13.6 Å². The van der Waals surface area contributed by atoms with Crippen LogP contribution in [0.5, 0.6) is 0 Å². The summed E-state index contributed by atoms with van der Waals surface area (Å²) in [5.74, 6) is -1.45. The second-order valence-electron chi connectivity index (χ2n) is 2.88. The van der Waals surface area contributed by atoms with Crippen molar-refractivity contribution in [3.05, 3.63) is 35.8 Å². The van der Waals surface area contributed by atoms with E-state index in [0.717, 1.165) is 4.40 Å². The van der Waals surface area contributed by atoms with Gasteiger partial charge in [0, 0.05) is 6.20 Å². The molecule has 6 heteroatoms. The Bertz CT molecular complexity index is 522. The molecule has 0 fully saturated rings. The van der Waals surface area contributed by atoms with Crippen LogP contribution in [0.4, 0.5) is 8.78 Å². The minimum atomic E-state index is -2.87. The molecule has 0 atom stereocenters. The fourth-order valence-corrected chi connectivity index (χ4v) is 1.38. The fourth-order valence-electron chi connectivity index (χ4n) is 1.38. The van der Waals surface area contributed by atoms with E-state index in [4.69, 9.17) is 5.11 Å². The lowest BCUT2D eigenvalue weighted by atomic mass is 10.3. The molecule has 0 unspecified atom stereocenters. The smallest absolute Gasteiger partial charge is 0.356 e. The van der Waals surface area contributed by atoms with Crippen LogP contribution in [0, 0.1) is 0 Å².